The van der Waals surface area contributed by atoms with Crippen molar-refractivity contribution < 1.29 is 14.3 Å². The van der Waals surface area contributed by atoms with E-state index in [1.807, 2.05) is 72.8 Å². The van der Waals surface area contributed by atoms with Crippen LogP contribution in [0.15, 0.2) is 72.8 Å². The topological polar surface area (TPSA) is 60.5 Å². The van der Waals surface area contributed by atoms with Gasteiger partial charge in [0.2, 0.25) is 6.79 Å². The Morgan fingerprint density at radius 3 is 2.63 bits per heavy atom. The van der Waals surface area contributed by atoms with Crippen LogP contribution in [0.4, 0.5) is 0 Å². The Bertz CT molecular complexity index is 1260. The summed E-state index contributed by atoms with van der Waals surface area (Å²) in [5.41, 5.74) is 3.86. The number of nitrogens with zero attached hydrogens (tertiary/aromatic N) is 1. The van der Waals surface area contributed by atoms with E-state index in [9.17, 15) is 4.79 Å². The van der Waals surface area contributed by atoms with Crippen molar-refractivity contribution in [1.82, 2.24) is 10.3 Å². The second-order valence-electron chi connectivity index (χ2n) is 6.95. The van der Waals surface area contributed by atoms with E-state index in [0.717, 1.165) is 22.0 Å². The van der Waals surface area contributed by atoms with Gasteiger partial charge in [-0.3, -0.25) is 4.79 Å². The molecule has 1 aliphatic heterocycles. The first-order chi connectivity index (χ1) is 14.7. The number of carbonyl (C=O) groups excluding carboxylic acids is 1. The van der Waals surface area contributed by atoms with Crippen LogP contribution in [-0.4, -0.2) is 17.7 Å². The molecule has 148 valence electrons. The van der Waals surface area contributed by atoms with Crippen molar-refractivity contribution in [3.63, 3.8) is 0 Å². The van der Waals surface area contributed by atoms with Gasteiger partial charge in [0.25, 0.3) is 5.91 Å². The molecule has 2 heterocycles. The van der Waals surface area contributed by atoms with Crippen molar-refractivity contribution in [2.45, 2.75) is 6.54 Å². The number of nitrogens with one attached hydrogen (secondary N) is 1. The fourth-order valence-corrected chi connectivity index (χ4v) is 3.57. The van der Waals surface area contributed by atoms with Gasteiger partial charge in [0.15, 0.2) is 11.5 Å². The van der Waals surface area contributed by atoms with E-state index in [2.05, 4.69) is 5.32 Å². The first-order valence-corrected chi connectivity index (χ1v) is 9.88. The Kier molecular flexibility index (Phi) is 4.73. The van der Waals surface area contributed by atoms with Gasteiger partial charge in [-0.05, 0) is 48.0 Å². The van der Waals surface area contributed by atoms with Crippen molar-refractivity contribution in [1.29, 1.82) is 0 Å². The average molecular weight is 417 g/mol. The summed E-state index contributed by atoms with van der Waals surface area (Å²) in [4.78, 5) is 17.8. The van der Waals surface area contributed by atoms with Crippen LogP contribution < -0.4 is 14.8 Å². The van der Waals surface area contributed by atoms with E-state index in [1.165, 1.54) is 0 Å². The molecular formula is C24H17ClN2O3. The quantitative estimate of drug-likeness (QED) is 0.496. The number of carbonyl (C=O) groups is 1. The first-order valence-electron chi connectivity index (χ1n) is 9.50. The van der Waals surface area contributed by atoms with E-state index in [-0.39, 0.29) is 12.7 Å². The Hall–Kier alpha value is -3.57. The minimum atomic E-state index is -0.162. The summed E-state index contributed by atoms with van der Waals surface area (Å²) >= 11 is 5.94. The van der Waals surface area contributed by atoms with Crippen LogP contribution in [0.1, 0.15) is 15.9 Å². The molecule has 1 amide bonds. The number of hydrogen-bond donors (Lipinski definition) is 1. The van der Waals surface area contributed by atoms with Crippen molar-refractivity contribution >= 4 is 28.4 Å². The average Bonchev–Trinajstić information content (AvgIpc) is 3.25. The third-order valence-corrected chi connectivity index (χ3v) is 5.25. The molecule has 0 bridgehead atoms. The monoisotopic (exact) mass is 416 g/mol. The number of hydrogen-bond acceptors (Lipinski definition) is 4. The standard InChI is InChI=1S/C24H17ClN2O3/c25-17-8-5-15(6-9-17)13-26-24(28)19-12-21(27-20-4-2-1-3-18(19)20)16-7-10-22-23(11-16)30-14-29-22/h1-12H,13-14H2,(H,26,28). The number of para-hydroxylation sites is 1. The molecule has 1 aromatic heterocycles. The first kappa shape index (κ1) is 18.5. The molecule has 30 heavy (non-hydrogen) atoms. The van der Waals surface area contributed by atoms with Gasteiger partial charge in [0, 0.05) is 22.5 Å². The molecule has 5 rings (SSSR count). The maximum Gasteiger partial charge on any atom is 0.252 e. The number of pyridine rings is 1. The van der Waals surface area contributed by atoms with Crippen molar-refractivity contribution in [3.05, 3.63) is 88.9 Å². The van der Waals surface area contributed by atoms with Gasteiger partial charge in [-0.25, -0.2) is 4.98 Å². The van der Waals surface area contributed by atoms with Gasteiger partial charge in [-0.15, -0.1) is 0 Å². The maximum absolute atomic E-state index is 13.1. The Balaban J connectivity index is 1.50. The molecule has 5 nitrogen and oxygen atoms in total. The van der Waals surface area contributed by atoms with E-state index >= 15 is 0 Å². The molecule has 0 radical (unpaired) electrons. The number of fused-ring (bicyclic) bond motifs is 2. The summed E-state index contributed by atoms with van der Waals surface area (Å²) in [5.74, 6) is 1.22. The van der Waals surface area contributed by atoms with Crippen LogP contribution in [0.25, 0.3) is 22.2 Å². The zero-order valence-corrected chi connectivity index (χ0v) is 16.6. The van der Waals surface area contributed by atoms with Crippen LogP contribution >= 0.6 is 11.6 Å². The van der Waals surface area contributed by atoms with Gasteiger partial charge in [-0.1, -0.05) is 41.9 Å². The molecule has 0 saturated heterocycles. The summed E-state index contributed by atoms with van der Waals surface area (Å²) in [6.45, 7) is 0.619. The van der Waals surface area contributed by atoms with Crippen LogP contribution in [0, 0.1) is 0 Å². The largest absolute Gasteiger partial charge is 0.454 e. The van der Waals surface area contributed by atoms with Crippen LogP contribution in [0.5, 0.6) is 11.5 Å². The molecule has 0 saturated carbocycles. The summed E-state index contributed by atoms with van der Waals surface area (Å²) in [7, 11) is 0. The predicted molar refractivity (Wildman–Crippen MR) is 116 cm³/mol. The minimum absolute atomic E-state index is 0.162. The second-order valence-corrected chi connectivity index (χ2v) is 7.39. The van der Waals surface area contributed by atoms with Crippen LogP contribution in [-0.2, 0) is 6.54 Å². The summed E-state index contributed by atoms with van der Waals surface area (Å²) in [5, 5.41) is 4.46. The zero-order chi connectivity index (χ0) is 20.5. The summed E-state index contributed by atoms with van der Waals surface area (Å²) < 4.78 is 10.9. The van der Waals surface area contributed by atoms with Gasteiger partial charge in [0.05, 0.1) is 16.8 Å². The van der Waals surface area contributed by atoms with Gasteiger partial charge >= 0.3 is 0 Å². The molecule has 0 aliphatic carbocycles. The molecule has 6 heteroatoms. The second kappa shape index (κ2) is 7.69. The van der Waals surface area contributed by atoms with Gasteiger partial charge in [-0.2, -0.15) is 0 Å². The highest BCUT2D eigenvalue weighted by Gasteiger charge is 2.17. The molecule has 0 spiro atoms. The lowest BCUT2D eigenvalue weighted by Crippen LogP contribution is -2.23. The van der Waals surface area contributed by atoms with E-state index in [1.54, 1.807) is 0 Å². The van der Waals surface area contributed by atoms with Gasteiger partial charge in [0.1, 0.15) is 0 Å². The Morgan fingerprint density at radius 1 is 0.967 bits per heavy atom. The molecule has 1 N–H and O–H groups in total. The lowest BCUT2D eigenvalue weighted by molar-refractivity contribution is 0.0952. The highest BCUT2D eigenvalue weighted by Crippen LogP contribution is 2.36. The lowest BCUT2D eigenvalue weighted by Gasteiger charge is -2.11. The van der Waals surface area contributed by atoms with E-state index in [0.29, 0.717) is 34.3 Å². The van der Waals surface area contributed by atoms with Crippen molar-refractivity contribution in [2.24, 2.45) is 0 Å². The van der Waals surface area contributed by atoms with Crippen LogP contribution in [0.3, 0.4) is 0 Å². The normalized spacial score (nSPS) is 12.2. The summed E-state index contributed by atoms with van der Waals surface area (Å²) in [6, 6.07) is 22.5. The maximum atomic E-state index is 13.1. The molecule has 0 fully saturated rings. The number of halogens is 1. The molecule has 4 aromatic rings. The van der Waals surface area contributed by atoms with Crippen molar-refractivity contribution in [3.8, 4) is 22.8 Å². The molecule has 3 aromatic carbocycles. The smallest absolute Gasteiger partial charge is 0.252 e. The number of amides is 1. The third kappa shape index (κ3) is 3.55. The molecule has 1 aliphatic rings. The molecule has 0 atom stereocenters. The van der Waals surface area contributed by atoms with E-state index in [4.69, 9.17) is 26.1 Å². The number of rotatable bonds is 4. The number of benzene rings is 3. The molecular weight excluding hydrogens is 400 g/mol. The highest BCUT2D eigenvalue weighted by atomic mass is 35.5. The third-order valence-electron chi connectivity index (χ3n) is 5.00. The molecule has 0 unspecified atom stereocenters. The number of ether oxygens (including phenoxy) is 2. The lowest BCUT2D eigenvalue weighted by atomic mass is 10.0. The summed E-state index contributed by atoms with van der Waals surface area (Å²) in [6.07, 6.45) is 0. The van der Waals surface area contributed by atoms with E-state index < -0.39 is 0 Å². The fourth-order valence-electron chi connectivity index (χ4n) is 3.45. The predicted octanol–water partition coefficient (Wildman–Crippen LogP) is 5.21. The minimum Gasteiger partial charge on any atom is -0.454 e. The Morgan fingerprint density at radius 2 is 1.77 bits per heavy atom. The highest BCUT2D eigenvalue weighted by molar-refractivity contribution is 6.30. The van der Waals surface area contributed by atoms with Crippen molar-refractivity contribution in [2.75, 3.05) is 6.79 Å². The SMILES string of the molecule is O=C(NCc1ccc(Cl)cc1)c1cc(-c2ccc3c(c2)OCO3)nc2ccccc12. The van der Waals surface area contributed by atoms with Gasteiger partial charge < -0.3 is 14.8 Å². The Labute approximate surface area is 178 Å². The van der Waals surface area contributed by atoms with Crippen LogP contribution in [0.2, 0.25) is 5.02 Å². The zero-order valence-electron chi connectivity index (χ0n) is 15.9. The number of aromatic nitrogens is 1. The fraction of sp³-hybridized carbons (Fsp3) is 0.0833.